The van der Waals surface area contributed by atoms with Crippen molar-refractivity contribution in [1.29, 1.82) is 0 Å². The molecule has 0 spiro atoms. The number of fused-ring (bicyclic) bond motifs is 1. The number of nitrogens with zero attached hydrogens (tertiary/aromatic N) is 1. The molecule has 1 aliphatic rings. The molecule has 0 radical (unpaired) electrons. The van der Waals surface area contributed by atoms with Crippen molar-refractivity contribution in [1.82, 2.24) is 4.90 Å². The van der Waals surface area contributed by atoms with Crippen LogP contribution in [0.15, 0.2) is 60.7 Å². The molecule has 3 aromatic carbocycles. The number of thiophene rings is 1. The monoisotopic (exact) mass is 517 g/mol. The minimum atomic E-state index is 0.194. The predicted octanol–water partition coefficient (Wildman–Crippen LogP) is 6.62. The van der Waals surface area contributed by atoms with Gasteiger partial charge in [-0.25, -0.2) is 0 Å². The van der Waals surface area contributed by atoms with Crippen molar-refractivity contribution in [3.8, 4) is 27.7 Å². The summed E-state index contributed by atoms with van der Waals surface area (Å²) in [6.45, 7) is 4.05. The number of aromatic hydroxyl groups is 1. The van der Waals surface area contributed by atoms with E-state index in [1.807, 2.05) is 24.3 Å². The molecule has 1 saturated heterocycles. The lowest BCUT2D eigenvalue weighted by molar-refractivity contribution is 0.253. The van der Waals surface area contributed by atoms with Crippen LogP contribution in [0.25, 0.3) is 20.5 Å². The van der Waals surface area contributed by atoms with Crippen LogP contribution in [0, 0.1) is 0 Å². The fourth-order valence-corrected chi connectivity index (χ4v) is 6.33. The number of phenols is 1. The van der Waals surface area contributed by atoms with Gasteiger partial charge in [-0.05, 0) is 116 Å². The van der Waals surface area contributed by atoms with Crippen LogP contribution >= 0.6 is 11.3 Å². The van der Waals surface area contributed by atoms with Gasteiger partial charge in [0.2, 0.25) is 0 Å². The lowest BCUT2D eigenvalue weighted by Crippen LogP contribution is -2.18. The Hall–Kier alpha value is -3.06. The average Bonchev–Trinajstić information content (AvgIpc) is 3.55. The molecule has 5 nitrogen and oxygen atoms in total. The Labute approximate surface area is 222 Å². The number of hydrogen-bond donors (Lipinski definition) is 2. The SMILES string of the molecule is COc1cc(Cc2c(-c3ccc(OCCCCO)cc3)sc3cc(O)ccc23)ccc1CN1CCCC1. The molecule has 0 unspecified atom stereocenters. The normalized spacial score (nSPS) is 13.9. The number of phenolic OH excluding ortho intramolecular Hbond substituents is 1. The van der Waals surface area contributed by atoms with Gasteiger partial charge < -0.3 is 19.7 Å². The third-order valence-electron chi connectivity index (χ3n) is 7.04. The first-order valence-electron chi connectivity index (χ1n) is 13.1. The number of hydrogen-bond acceptors (Lipinski definition) is 6. The lowest BCUT2D eigenvalue weighted by Gasteiger charge is -2.18. The number of likely N-dealkylation sites (tertiary alicyclic amines) is 1. The van der Waals surface area contributed by atoms with Gasteiger partial charge in [0.15, 0.2) is 0 Å². The van der Waals surface area contributed by atoms with Crippen LogP contribution in [0.1, 0.15) is 42.4 Å². The second-order valence-corrected chi connectivity index (χ2v) is 10.8. The highest BCUT2D eigenvalue weighted by Gasteiger charge is 2.18. The molecule has 0 bridgehead atoms. The van der Waals surface area contributed by atoms with E-state index in [9.17, 15) is 5.11 Å². The molecule has 1 aromatic heterocycles. The summed E-state index contributed by atoms with van der Waals surface area (Å²) in [5.41, 5.74) is 4.84. The van der Waals surface area contributed by atoms with Crippen molar-refractivity contribution in [3.63, 3.8) is 0 Å². The number of rotatable bonds is 11. The average molecular weight is 518 g/mol. The second-order valence-electron chi connectivity index (χ2n) is 9.70. The van der Waals surface area contributed by atoms with Crippen LogP contribution in [-0.2, 0) is 13.0 Å². The quantitative estimate of drug-likeness (QED) is 0.219. The van der Waals surface area contributed by atoms with Gasteiger partial charge in [-0.2, -0.15) is 0 Å². The zero-order chi connectivity index (χ0) is 25.6. The Morgan fingerprint density at radius 2 is 1.76 bits per heavy atom. The van der Waals surface area contributed by atoms with Crippen LogP contribution in [-0.4, -0.2) is 48.5 Å². The van der Waals surface area contributed by atoms with E-state index in [1.165, 1.54) is 39.8 Å². The largest absolute Gasteiger partial charge is 0.508 e. The maximum Gasteiger partial charge on any atom is 0.123 e. The van der Waals surface area contributed by atoms with E-state index in [0.717, 1.165) is 60.7 Å². The summed E-state index contributed by atoms with van der Waals surface area (Å²) < 4.78 is 12.7. The van der Waals surface area contributed by atoms with Crippen LogP contribution in [0.4, 0.5) is 0 Å². The fourth-order valence-electron chi connectivity index (χ4n) is 5.07. The summed E-state index contributed by atoms with van der Waals surface area (Å²) in [6, 6.07) is 20.5. The Kier molecular flexibility index (Phi) is 8.29. The molecule has 0 amide bonds. The van der Waals surface area contributed by atoms with Gasteiger partial charge in [-0.1, -0.05) is 12.1 Å². The molecule has 4 aromatic rings. The fraction of sp³-hybridized carbons (Fsp3) is 0.355. The van der Waals surface area contributed by atoms with Gasteiger partial charge in [-0.15, -0.1) is 11.3 Å². The maximum absolute atomic E-state index is 10.1. The standard InChI is InChI=1S/C31H35NO4S/c1-35-29-19-22(6-7-24(29)21-32-14-2-3-15-32)18-28-27-13-10-25(34)20-30(27)37-31(28)23-8-11-26(12-9-23)36-17-5-4-16-33/h6-13,19-20,33-34H,2-5,14-18,21H2,1H3. The van der Waals surface area contributed by atoms with Crippen molar-refractivity contribution in [2.45, 2.75) is 38.6 Å². The molecule has 0 saturated carbocycles. The van der Waals surface area contributed by atoms with Crippen molar-refractivity contribution in [2.75, 3.05) is 33.4 Å². The molecule has 0 aliphatic carbocycles. The number of benzene rings is 3. The first-order chi connectivity index (χ1) is 18.1. The first kappa shape index (κ1) is 25.6. The molecular weight excluding hydrogens is 482 g/mol. The third-order valence-corrected chi connectivity index (χ3v) is 8.28. The van der Waals surface area contributed by atoms with Crippen molar-refractivity contribution >= 4 is 21.4 Å². The molecule has 2 heterocycles. The molecular formula is C31H35NO4S. The van der Waals surface area contributed by atoms with E-state index in [-0.39, 0.29) is 12.4 Å². The van der Waals surface area contributed by atoms with Gasteiger partial charge in [0.05, 0.1) is 13.7 Å². The highest BCUT2D eigenvalue weighted by molar-refractivity contribution is 7.22. The summed E-state index contributed by atoms with van der Waals surface area (Å²) in [5.74, 6) is 2.07. The van der Waals surface area contributed by atoms with Crippen LogP contribution in [0.5, 0.6) is 17.2 Å². The van der Waals surface area contributed by atoms with E-state index in [1.54, 1.807) is 24.5 Å². The predicted molar refractivity (Wildman–Crippen MR) is 151 cm³/mol. The van der Waals surface area contributed by atoms with Crippen molar-refractivity contribution < 1.29 is 19.7 Å². The molecule has 194 valence electrons. The number of ether oxygens (including phenoxy) is 2. The van der Waals surface area contributed by atoms with Gasteiger partial charge in [0.25, 0.3) is 0 Å². The molecule has 5 rings (SSSR count). The van der Waals surface area contributed by atoms with Gasteiger partial charge in [-0.3, -0.25) is 4.90 Å². The summed E-state index contributed by atoms with van der Waals surface area (Å²) in [7, 11) is 1.76. The van der Waals surface area contributed by atoms with Crippen LogP contribution in [0.2, 0.25) is 0 Å². The zero-order valence-corrected chi connectivity index (χ0v) is 22.2. The number of aliphatic hydroxyl groups excluding tert-OH is 1. The highest BCUT2D eigenvalue weighted by atomic mass is 32.1. The topological polar surface area (TPSA) is 62.2 Å². The second kappa shape index (κ2) is 12.0. The van der Waals surface area contributed by atoms with E-state index in [4.69, 9.17) is 14.6 Å². The molecule has 1 fully saturated rings. The van der Waals surface area contributed by atoms with E-state index in [2.05, 4.69) is 35.2 Å². The van der Waals surface area contributed by atoms with Crippen molar-refractivity contribution in [2.24, 2.45) is 0 Å². The Bertz CT molecular complexity index is 1330. The number of unbranched alkanes of at least 4 members (excludes halogenated alkanes) is 1. The van der Waals surface area contributed by atoms with Crippen LogP contribution < -0.4 is 9.47 Å². The maximum atomic E-state index is 10.1. The number of aliphatic hydroxyl groups is 1. The molecule has 0 atom stereocenters. The van der Waals surface area contributed by atoms with Gasteiger partial charge >= 0.3 is 0 Å². The van der Waals surface area contributed by atoms with E-state index < -0.39 is 0 Å². The van der Waals surface area contributed by atoms with Gasteiger partial charge in [0, 0.05) is 28.3 Å². The highest BCUT2D eigenvalue weighted by Crippen LogP contribution is 2.42. The Morgan fingerprint density at radius 3 is 2.51 bits per heavy atom. The van der Waals surface area contributed by atoms with E-state index >= 15 is 0 Å². The Balaban J connectivity index is 1.43. The zero-order valence-electron chi connectivity index (χ0n) is 21.4. The smallest absolute Gasteiger partial charge is 0.123 e. The lowest BCUT2D eigenvalue weighted by atomic mass is 9.97. The van der Waals surface area contributed by atoms with Crippen LogP contribution in [0.3, 0.4) is 0 Å². The Morgan fingerprint density at radius 1 is 0.946 bits per heavy atom. The minimum absolute atomic E-state index is 0.194. The van der Waals surface area contributed by atoms with Crippen molar-refractivity contribution in [3.05, 3.63) is 77.4 Å². The minimum Gasteiger partial charge on any atom is -0.508 e. The summed E-state index contributed by atoms with van der Waals surface area (Å²) in [4.78, 5) is 3.70. The molecule has 2 N–H and O–H groups in total. The van der Waals surface area contributed by atoms with E-state index in [0.29, 0.717) is 6.61 Å². The first-order valence-corrected chi connectivity index (χ1v) is 13.9. The summed E-state index contributed by atoms with van der Waals surface area (Å²) in [5, 5.41) is 20.2. The summed E-state index contributed by atoms with van der Waals surface area (Å²) >= 11 is 1.71. The van der Waals surface area contributed by atoms with Gasteiger partial charge in [0.1, 0.15) is 17.2 Å². The number of methoxy groups -OCH3 is 1. The molecule has 37 heavy (non-hydrogen) atoms. The molecule has 6 heteroatoms. The molecule has 1 aliphatic heterocycles. The summed E-state index contributed by atoms with van der Waals surface area (Å²) in [6.07, 6.45) is 4.92. The third kappa shape index (κ3) is 6.09.